The van der Waals surface area contributed by atoms with Crippen LogP contribution in [-0.4, -0.2) is 61.6 Å². The van der Waals surface area contributed by atoms with E-state index >= 15 is 0 Å². The van der Waals surface area contributed by atoms with Gasteiger partial charge in [0.25, 0.3) is 0 Å². The van der Waals surface area contributed by atoms with Crippen LogP contribution in [0.25, 0.3) is 11.3 Å². The Morgan fingerprint density at radius 1 is 1.37 bits per heavy atom. The monoisotopic (exact) mass is 441 g/mol. The van der Waals surface area contributed by atoms with Crippen LogP contribution in [0.5, 0.6) is 0 Å². The van der Waals surface area contributed by atoms with Gasteiger partial charge in [0.15, 0.2) is 0 Å². The van der Waals surface area contributed by atoms with Crippen LogP contribution in [0.15, 0.2) is 18.3 Å². The molecule has 1 saturated heterocycles. The minimum absolute atomic E-state index is 0.00558. The van der Waals surface area contributed by atoms with Crippen molar-refractivity contribution in [1.29, 1.82) is 0 Å². The van der Waals surface area contributed by atoms with Crippen LogP contribution in [0, 0.1) is 0 Å². The number of carbonyl (C=O) groups is 1. The Morgan fingerprint density at radius 2 is 2.07 bits per heavy atom. The molecule has 0 saturated carbocycles. The van der Waals surface area contributed by atoms with Crippen molar-refractivity contribution in [3.8, 4) is 11.3 Å². The van der Waals surface area contributed by atoms with Crippen molar-refractivity contribution >= 4 is 27.2 Å². The average Bonchev–Trinajstić information content (AvgIpc) is 3.11. The number of amides is 1. The number of pyridine rings is 1. The number of fused-ring (bicyclic) bond motifs is 2. The van der Waals surface area contributed by atoms with Gasteiger partial charge in [0.1, 0.15) is 0 Å². The Kier molecular flexibility index (Phi) is 4.16. The topological polar surface area (TPSA) is 77.0 Å². The van der Waals surface area contributed by atoms with E-state index in [0.717, 1.165) is 35.0 Å². The minimum atomic E-state index is -4.44. The summed E-state index contributed by atoms with van der Waals surface area (Å²) in [7, 11) is 0. The number of aromatic nitrogens is 3. The van der Waals surface area contributed by atoms with Gasteiger partial charge in [0, 0.05) is 0 Å². The SMILES string of the molecule is C[C@@H](N)C(=O)N1CC2(CCn3nc(-c4cnc([AsH2])c(C(F)(F)F)c4)cc32)C1. The van der Waals surface area contributed by atoms with Crippen LogP contribution in [0.1, 0.15) is 24.6 Å². The molecule has 4 heterocycles. The van der Waals surface area contributed by atoms with Crippen molar-refractivity contribution in [3.05, 3.63) is 29.6 Å². The number of aryl methyl sites for hydroxylation is 1. The summed E-state index contributed by atoms with van der Waals surface area (Å²) in [5, 5.41) is 4.48. The molecule has 2 aliphatic rings. The number of hydrogen-bond donors (Lipinski definition) is 1. The van der Waals surface area contributed by atoms with Crippen LogP contribution >= 0.6 is 0 Å². The summed E-state index contributed by atoms with van der Waals surface area (Å²) in [5.41, 5.74) is 6.56. The Morgan fingerprint density at radius 3 is 2.70 bits per heavy atom. The van der Waals surface area contributed by atoms with Gasteiger partial charge in [-0.2, -0.15) is 0 Å². The molecule has 1 unspecified atom stereocenters. The molecular weight excluding hydrogens is 422 g/mol. The van der Waals surface area contributed by atoms with Gasteiger partial charge in [-0.15, -0.1) is 0 Å². The molecule has 1 amide bonds. The van der Waals surface area contributed by atoms with Crippen LogP contribution in [0.2, 0.25) is 0 Å². The molecule has 144 valence electrons. The zero-order valence-electron chi connectivity index (χ0n) is 14.6. The van der Waals surface area contributed by atoms with Crippen molar-refractivity contribution in [1.82, 2.24) is 19.7 Å². The Bertz CT molecular complexity index is 918. The van der Waals surface area contributed by atoms with E-state index in [1.54, 1.807) is 11.8 Å². The van der Waals surface area contributed by atoms with Crippen LogP contribution < -0.4 is 10.2 Å². The number of halogens is 3. The second-order valence-corrected chi connectivity index (χ2v) is 8.45. The fraction of sp³-hybridized carbons (Fsp3) is 0.471. The Hall–Kier alpha value is -1.86. The quantitative estimate of drug-likeness (QED) is 0.669. The zero-order chi connectivity index (χ0) is 19.6. The summed E-state index contributed by atoms with van der Waals surface area (Å²) in [6, 6.07) is 2.41. The number of nitrogens with two attached hydrogens (primary N) is 1. The molecule has 0 bridgehead atoms. The normalized spacial score (nSPS) is 19.1. The summed E-state index contributed by atoms with van der Waals surface area (Å²) < 4.78 is 41.4. The van der Waals surface area contributed by atoms with Crippen molar-refractivity contribution in [2.75, 3.05) is 13.1 Å². The molecule has 2 aromatic heterocycles. The van der Waals surface area contributed by atoms with Gasteiger partial charge in [-0.05, 0) is 6.92 Å². The fourth-order valence-corrected chi connectivity index (χ4v) is 4.57. The predicted octanol–water partition coefficient (Wildman–Crippen LogP) is 0.0532. The average molecular weight is 441 g/mol. The first kappa shape index (κ1) is 18.5. The molecule has 1 fully saturated rings. The van der Waals surface area contributed by atoms with Gasteiger partial charge >= 0.3 is 149 Å². The maximum absolute atomic E-state index is 13.2. The first-order valence-corrected chi connectivity index (χ1v) is 9.78. The molecular formula is C17H19AsF3N5O. The van der Waals surface area contributed by atoms with Crippen molar-refractivity contribution in [3.63, 3.8) is 0 Å². The molecule has 0 radical (unpaired) electrons. The van der Waals surface area contributed by atoms with E-state index < -0.39 is 17.8 Å². The summed E-state index contributed by atoms with van der Waals surface area (Å²) >= 11 is 0.838. The van der Waals surface area contributed by atoms with E-state index in [1.165, 1.54) is 6.20 Å². The molecule has 2 atom stereocenters. The molecule has 2 aliphatic heterocycles. The molecule has 0 aliphatic carbocycles. The van der Waals surface area contributed by atoms with E-state index in [-0.39, 0.29) is 15.8 Å². The van der Waals surface area contributed by atoms with E-state index in [4.69, 9.17) is 5.73 Å². The number of nitrogens with zero attached hydrogens (tertiary/aromatic N) is 4. The fourth-order valence-electron chi connectivity index (χ4n) is 3.89. The molecule has 4 rings (SSSR count). The van der Waals surface area contributed by atoms with Gasteiger partial charge in [-0.25, -0.2) is 0 Å². The first-order chi connectivity index (χ1) is 12.6. The second-order valence-electron chi connectivity index (χ2n) is 7.31. The Labute approximate surface area is 162 Å². The summed E-state index contributed by atoms with van der Waals surface area (Å²) in [4.78, 5) is 17.7. The molecule has 27 heavy (non-hydrogen) atoms. The molecule has 1 spiro atoms. The van der Waals surface area contributed by atoms with E-state index in [1.807, 2.05) is 10.7 Å². The van der Waals surface area contributed by atoms with Crippen LogP contribution in [-0.2, 0) is 22.9 Å². The number of alkyl halides is 3. The van der Waals surface area contributed by atoms with Gasteiger partial charge in [-0.1, -0.05) is 0 Å². The summed E-state index contributed by atoms with van der Waals surface area (Å²) in [5.74, 6) is -0.0850. The third kappa shape index (κ3) is 2.97. The third-order valence-corrected chi connectivity index (χ3v) is 6.30. The molecule has 0 aromatic carbocycles. The molecule has 2 aromatic rings. The zero-order valence-corrected chi connectivity index (χ0v) is 17.0. The third-order valence-electron chi connectivity index (χ3n) is 5.33. The van der Waals surface area contributed by atoms with E-state index in [0.29, 0.717) is 30.9 Å². The molecule has 10 heteroatoms. The number of hydrogen-bond acceptors (Lipinski definition) is 4. The first-order valence-electron chi connectivity index (χ1n) is 8.56. The van der Waals surface area contributed by atoms with Gasteiger partial charge in [0.2, 0.25) is 0 Å². The van der Waals surface area contributed by atoms with Crippen molar-refractivity contribution < 1.29 is 18.0 Å². The van der Waals surface area contributed by atoms with Gasteiger partial charge in [0.05, 0.1) is 0 Å². The second kappa shape index (κ2) is 6.07. The number of carbonyl (C=O) groups excluding carboxylic acids is 1. The molecule has 6 nitrogen and oxygen atoms in total. The van der Waals surface area contributed by atoms with Crippen molar-refractivity contribution in [2.45, 2.75) is 37.5 Å². The van der Waals surface area contributed by atoms with Crippen LogP contribution in [0.4, 0.5) is 13.2 Å². The van der Waals surface area contributed by atoms with Crippen molar-refractivity contribution in [2.24, 2.45) is 5.73 Å². The summed E-state index contributed by atoms with van der Waals surface area (Å²) in [6.45, 7) is 3.49. The van der Waals surface area contributed by atoms with E-state index in [2.05, 4.69) is 10.1 Å². The number of likely N-dealkylation sites (tertiary alicyclic amines) is 1. The number of rotatable bonds is 2. The Balaban J connectivity index is 1.63. The molecule has 2 N–H and O–H groups in total. The van der Waals surface area contributed by atoms with Gasteiger partial charge < -0.3 is 5.73 Å². The van der Waals surface area contributed by atoms with Crippen LogP contribution in [0.3, 0.4) is 0 Å². The maximum atomic E-state index is 13.2. The predicted molar refractivity (Wildman–Crippen MR) is 95.2 cm³/mol. The van der Waals surface area contributed by atoms with Gasteiger partial charge in [-0.3, -0.25) is 0 Å². The van der Waals surface area contributed by atoms with E-state index in [9.17, 15) is 18.0 Å². The summed E-state index contributed by atoms with van der Waals surface area (Å²) in [6.07, 6.45) is -2.14. The standard InChI is InChI=1S/C17H19AsF3N5O/c1-9(22)15(27)25-7-16(8-25)2-3-26-13(16)5-12(24-26)10-4-11(17(19,20)21)14(18)23-6-10/h4-6,9H,2-3,7-8,18,22H2,1H3/t9-/m1/s1.